The van der Waals surface area contributed by atoms with Crippen LogP contribution in [-0.2, 0) is 0 Å². The van der Waals surface area contributed by atoms with Crippen molar-refractivity contribution in [3.63, 3.8) is 0 Å². The van der Waals surface area contributed by atoms with Gasteiger partial charge < -0.3 is 10.0 Å². The third kappa shape index (κ3) is 2.91. The molecule has 20 heavy (non-hydrogen) atoms. The van der Waals surface area contributed by atoms with Gasteiger partial charge in [-0.15, -0.1) is 0 Å². The van der Waals surface area contributed by atoms with Crippen LogP contribution in [0.4, 0.5) is 5.69 Å². The Bertz CT molecular complexity index is 549. The first-order chi connectivity index (χ1) is 9.32. The average molecular weight is 299 g/mol. The molecule has 6 nitrogen and oxygen atoms in total. The van der Waals surface area contributed by atoms with Crippen LogP contribution >= 0.6 is 11.6 Å². The standard InChI is InChI=1S/C13H15ClN2O4/c1-13(18)5-7-15(8-6-13)12(17)11-9(14)3-2-4-10(11)16(19)20/h2-4,18H,5-8H2,1H3. The maximum atomic E-state index is 12.4. The second-order valence-electron chi connectivity index (χ2n) is 5.18. The first-order valence-electron chi connectivity index (χ1n) is 6.26. The van der Waals surface area contributed by atoms with Crippen LogP contribution < -0.4 is 0 Å². The highest BCUT2D eigenvalue weighted by molar-refractivity contribution is 6.34. The van der Waals surface area contributed by atoms with Crippen molar-refractivity contribution in [1.29, 1.82) is 0 Å². The maximum Gasteiger partial charge on any atom is 0.283 e. The SMILES string of the molecule is CC1(O)CCN(C(=O)c2c(Cl)cccc2[N+](=O)[O-])CC1. The molecule has 1 aromatic carbocycles. The number of hydrogen-bond acceptors (Lipinski definition) is 4. The average Bonchev–Trinajstić information content (AvgIpc) is 2.37. The molecule has 7 heteroatoms. The number of carbonyl (C=O) groups excluding carboxylic acids is 1. The molecular formula is C13H15ClN2O4. The summed E-state index contributed by atoms with van der Waals surface area (Å²) >= 11 is 5.94. The van der Waals surface area contributed by atoms with Crippen molar-refractivity contribution < 1.29 is 14.8 Å². The number of nitro benzene ring substituents is 1. The zero-order valence-corrected chi connectivity index (χ0v) is 11.8. The minimum Gasteiger partial charge on any atom is -0.390 e. The van der Waals surface area contributed by atoms with Crippen molar-refractivity contribution in [2.45, 2.75) is 25.4 Å². The molecule has 2 rings (SSSR count). The zero-order valence-electron chi connectivity index (χ0n) is 11.0. The van der Waals surface area contributed by atoms with E-state index in [2.05, 4.69) is 0 Å². The third-order valence-corrected chi connectivity index (χ3v) is 3.84. The summed E-state index contributed by atoms with van der Waals surface area (Å²) in [5, 5.41) is 20.9. The van der Waals surface area contributed by atoms with E-state index in [9.17, 15) is 20.0 Å². The monoisotopic (exact) mass is 298 g/mol. The van der Waals surface area contributed by atoms with E-state index in [1.54, 1.807) is 6.92 Å². The lowest BCUT2D eigenvalue weighted by Gasteiger charge is -2.35. The predicted octanol–water partition coefficient (Wildman–Crippen LogP) is 2.24. The maximum absolute atomic E-state index is 12.4. The number of amides is 1. The van der Waals surface area contributed by atoms with Gasteiger partial charge in [0.15, 0.2) is 0 Å². The van der Waals surface area contributed by atoms with Gasteiger partial charge in [0.2, 0.25) is 0 Å². The summed E-state index contributed by atoms with van der Waals surface area (Å²) in [7, 11) is 0. The van der Waals surface area contributed by atoms with E-state index in [0.717, 1.165) is 0 Å². The highest BCUT2D eigenvalue weighted by atomic mass is 35.5. The molecule has 1 heterocycles. The van der Waals surface area contributed by atoms with Gasteiger partial charge in [-0.2, -0.15) is 0 Å². The Morgan fingerprint density at radius 2 is 2.05 bits per heavy atom. The van der Waals surface area contributed by atoms with Gasteiger partial charge in [0.25, 0.3) is 11.6 Å². The number of carbonyl (C=O) groups is 1. The minimum absolute atomic E-state index is 0.0709. The minimum atomic E-state index is -0.788. The lowest BCUT2D eigenvalue weighted by atomic mass is 9.93. The number of piperidine rings is 1. The fourth-order valence-electron chi connectivity index (χ4n) is 2.23. The van der Waals surface area contributed by atoms with Gasteiger partial charge in [-0.25, -0.2) is 0 Å². The number of nitro groups is 1. The summed E-state index contributed by atoms with van der Waals surface area (Å²) in [5.41, 5.74) is -1.16. The van der Waals surface area contributed by atoms with E-state index in [1.165, 1.54) is 23.1 Å². The van der Waals surface area contributed by atoms with E-state index in [-0.39, 0.29) is 16.3 Å². The van der Waals surface area contributed by atoms with Gasteiger partial charge in [0, 0.05) is 19.2 Å². The van der Waals surface area contributed by atoms with E-state index < -0.39 is 16.4 Å². The molecule has 1 aliphatic rings. The predicted molar refractivity (Wildman–Crippen MR) is 73.9 cm³/mol. The number of rotatable bonds is 2. The molecule has 0 radical (unpaired) electrons. The summed E-state index contributed by atoms with van der Waals surface area (Å²) in [6.45, 7) is 2.43. The molecule has 108 valence electrons. The Balaban J connectivity index is 2.28. The van der Waals surface area contributed by atoms with Gasteiger partial charge in [0.1, 0.15) is 5.56 Å². The molecule has 0 aliphatic carbocycles. The van der Waals surface area contributed by atoms with E-state index in [0.29, 0.717) is 25.9 Å². The molecule has 0 atom stereocenters. The molecule has 1 aromatic rings. The molecule has 1 fully saturated rings. The molecule has 0 bridgehead atoms. The molecule has 1 saturated heterocycles. The van der Waals surface area contributed by atoms with Crippen molar-refractivity contribution in [1.82, 2.24) is 4.90 Å². The van der Waals surface area contributed by atoms with Crippen LogP contribution in [0.3, 0.4) is 0 Å². The van der Waals surface area contributed by atoms with Crippen LogP contribution in [0.25, 0.3) is 0 Å². The zero-order chi connectivity index (χ0) is 14.9. The van der Waals surface area contributed by atoms with Crippen molar-refractivity contribution >= 4 is 23.2 Å². The highest BCUT2D eigenvalue weighted by Gasteiger charge is 2.33. The van der Waals surface area contributed by atoms with Crippen molar-refractivity contribution in [3.8, 4) is 0 Å². The quantitative estimate of drug-likeness (QED) is 0.670. The number of aliphatic hydroxyl groups is 1. The summed E-state index contributed by atoms with van der Waals surface area (Å²) < 4.78 is 0. The van der Waals surface area contributed by atoms with Gasteiger partial charge in [-0.3, -0.25) is 14.9 Å². The number of hydrogen-bond donors (Lipinski definition) is 1. The lowest BCUT2D eigenvalue weighted by Crippen LogP contribution is -2.45. The topological polar surface area (TPSA) is 83.7 Å². The van der Waals surface area contributed by atoms with Crippen LogP contribution in [0.15, 0.2) is 18.2 Å². The Labute approximate surface area is 121 Å². The number of nitrogens with zero attached hydrogens (tertiary/aromatic N) is 2. The van der Waals surface area contributed by atoms with Crippen LogP contribution in [0.2, 0.25) is 5.02 Å². The van der Waals surface area contributed by atoms with Crippen molar-refractivity contribution in [3.05, 3.63) is 38.9 Å². The largest absolute Gasteiger partial charge is 0.390 e. The highest BCUT2D eigenvalue weighted by Crippen LogP contribution is 2.30. The molecule has 1 aliphatic heterocycles. The fraction of sp³-hybridized carbons (Fsp3) is 0.462. The molecule has 0 saturated carbocycles. The molecule has 0 unspecified atom stereocenters. The second kappa shape index (κ2) is 5.38. The Hall–Kier alpha value is -1.66. The van der Waals surface area contributed by atoms with Gasteiger partial charge in [-0.1, -0.05) is 17.7 Å². The smallest absolute Gasteiger partial charge is 0.283 e. The first kappa shape index (κ1) is 14.7. The summed E-state index contributed by atoms with van der Waals surface area (Å²) in [5.74, 6) is -0.460. The summed E-state index contributed by atoms with van der Waals surface area (Å²) in [6.07, 6.45) is 0.883. The molecule has 1 N–H and O–H groups in total. The Kier molecular flexibility index (Phi) is 3.96. The molecule has 0 aromatic heterocycles. The van der Waals surface area contributed by atoms with Crippen LogP contribution in [0, 0.1) is 10.1 Å². The van der Waals surface area contributed by atoms with Crippen LogP contribution in [0.1, 0.15) is 30.1 Å². The second-order valence-corrected chi connectivity index (χ2v) is 5.59. The molecule has 1 amide bonds. The number of halogens is 1. The third-order valence-electron chi connectivity index (χ3n) is 3.53. The van der Waals surface area contributed by atoms with E-state index in [1.807, 2.05) is 0 Å². The number of benzene rings is 1. The van der Waals surface area contributed by atoms with Crippen LogP contribution in [-0.4, -0.2) is 39.5 Å². The molecule has 0 spiro atoms. The fourth-order valence-corrected chi connectivity index (χ4v) is 2.48. The first-order valence-corrected chi connectivity index (χ1v) is 6.64. The van der Waals surface area contributed by atoms with E-state index in [4.69, 9.17) is 11.6 Å². The summed E-state index contributed by atoms with van der Waals surface area (Å²) in [4.78, 5) is 24.3. The van der Waals surface area contributed by atoms with Crippen LogP contribution in [0.5, 0.6) is 0 Å². The van der Waals surface area contributed by atoms with Gasteiger partial charge >= 0.3 is 0 Å². The number of likely N-dealkylation sites (tertiary alicyclic amines) is 1. The normalized spacial score (nSPS) is 17.9. The van der Waals surface area contributed by atoms with Gasteiger partial charge in [-0.05, 0) is 25.8 Å². The lowest BCUT2D eigenvalue weighted by molar-refractivity contribution is -0.385. The summed E-state index contributed by atoms with van der Waals surface area (Å²) in [6, 6.07) is 4.17. The van der Waals surface area contributed by atoms with Crippen molar-refractivity contribution in [2.75, 3.05) is 13.1 Å². The van der Waals surface area contributed by atoms with Gasteiger partial charge in [0.05, 0.1) is 15.5 Å². The van der Waals surface area contributed by atoms with E-state index >= 15 is 0 Å². The Morgan fingerprint density at radius 1 is 1.45 bits per heavy atom. The molecular weight excluding hydrogens is 284 g/mol. The Morgan fingerprint density at radius 3 is 2.60 bits per heavy atom. The van der Waals surface area contributed by atoms with Crippen molar-refractivity contribution in [2.24, 2.45) is 0 Å².